The van der Waals surface area contributed by atoms with Gasteiger partial charge in [-0.3, -0.25) is 0 Å². The van der Waals surface area contributed by atoms with Crippen molar-refractivity contribution in [2.45, 2.75) is 69.9 Å². The third-order valence-corrected chi connectivity index (χ3v) is 5.98. The fourth-order valence-electron chi connectivity index (χ4n) is 3.73. The molecule has 112 valence electrons. The van der Waals surface area contributed by atoms with Crippen LogP contribution in [0.2, 0.25) is 0 Å². The maximum Gasteiger partial charge on any atom is 0.0701 e. The van der Waals surface area contributed by atoms with E-state index in [9.17, 15) is 0 Å². The number of hydrogen-bond acceptors (Lipinski definition) is 3. The summed E-state index contributed by atoms with van der Waals surface area (Å²) in [5.41, 5.74) is 0.244. The van der Waals surface area contributed by atoms with Gasteiger partial charge in [-0.15, -0.1) is 0 Å². The normalized spacial score (nSPS) is 28.4. The van der Waals surface area contributed by atoms with Gasteiger partial charge in [0.1, 0.15) is 0 Å². The molecule has 1 N–H and O–H groups in total. The molecule has 0 saturated carbocycles. The molecule has 0 aromatic heterocycles. The number of ether oxygens (including phenoxy) is 1. The summed E-state index contributed by atoms with van der Waals surface area (Å²) in [7, 11) is 2.15. The highest BCUT2D eigenvalue weighted by molar-refractivity contribution is 7.99. The first kappa shape index (κ1) is 15.7. The molecule has 2 rings (SSSR count). The van der Waals surface area contributed by atoms with E-state index >= 15 is 0 Å². The summed E-state index contributed by atoms with van der Waals surface area (Å²) in [4.78, 5) is 0. The van der Waals surface area contributed by atoms with E-state index in [1.165, 1.54) is 62.9 Å². The molecule has 1 spiro atoms. The minimum absolute atomic E-state index is 0.244. The summed E-state index contributed by atoms with van der Waals surface area (Å²) < 4.78 is 6.22. The monoisotopic (exact) mass is 285 g/mol. The van der Waals surface area contributed by atoms with Crippen LogP contribution in [-0.4, -0.2) is 36.8 Å². The second-order valence-corrected chi connectivity index (χ2v) is 7.51. The summed E-state index contributed by atoms with van der Waals surface area (Å²) >= 11 is 2.10. The minimum atomic E-state index is 0.244. The van der Waals surface area contributed by atoms with Gasteiger partial charge in [-0.1, -0.05) is 26.2 Å². The molecular weight excluding hydrogens is 254 g/mol. The van der Waals surface area contributed by atoms with Crippen molar-refractivity contribution in [3.8, 4) is 0 Å². The van der Waals surface area contributed by atoms with Crippen LogP contribution in [0.1, 0.15) is 58.3 Å². The summed E-state index contributed by atoms with van der Waals surface area (Å²) in [6.07, 6.45) is 10.5. The first-order valence-electron chi connectivity index (χ1n) is 8.18. The van der Waals surface area contributed by atoms with Crippen molar-refractivity contribution in [1.29, 1.82) is 0 Å². The number of unbranched alkanes of at least 4 members (excludes halogenated alkanes) is 2. The molecule has 2 unspecified atom stereocenters. The first-order chi connectivity index (χ1) is 9.29. The second kappa shape index (κ2) is 7.90. The van der Waals surface area contributed by atoms with Gasteiger partial charge in [0.2, 0.25) is 0 Å². The zero-order chi connectivity index (χ0) is 13.6. The molecule has 0 bridgehead atoms. The van der Waals surface area contributed by atoms with Crippen molar-refractivity contribution in [2.24, 2.45) is 5.92 Å². The number of nitrogens with one attached hydrogen (secondary N) is 1. The highest BCUT2D eigenvalue weighted by atomic mass is 32.2. The summed E-state index contributed by atoms with van der Waals surface area (Å²) in [6.45, 7) is 3.28. The van der Waals surface area contributed by atoms with Gasteiger partial charge in [0.15, 0.2) is 0 Å². The van der Waals surface area contributed by atoms with Crippen LogP contribution in [0.25, 0.3) is 0 Å². The molecule has 0 aromatic rings. The summed E-state index contributed by atoms with van der Waals surface area (Å²) in [5.74, 6) is 3.43. The Morgan fingerprint density at radius 2 is 2.11 bits per heavy atom. The van der Waals surface area contributed by atoms with E-state index in [2.05, 4.69) is 31.1 Å². The fourth-order valence-corrected chi connectivity index (χ4v) is 4.97. The molecule has 0 aliphatic carbocycles. The molecule has 2 nitrogen and oxygen atoms in total. The Bertz CT molecular complexity index is 248. The zero-order valence-corrected chi connectivity index (χ0v) is 13.6. The van der Waals surface area contributed by atoms with Gasteiger partial charge in [-0.05, 0) is 56.6 Å². The van der Waals surface area contributed by atoms with Gasteiger partial charge in [-0.2, -0.15) is 11.8 Å². The molecule has 2 heterocycles. The predicted octanol–water partition coefficient (Wildman–Crippen LogP) is 3.85. The molecule has 19 heavy (non-hydrogen) atoms. The van der Waals surface area contributed by atoms with E-state index in [0.717, 1.165) is 12.5 Å². The quantitative estimate of drug-likeness (QED) is 0.749. The molecule has 2 saturated heterocycles. The van der Waals surface area contributed by atoms with Crippen LogP contribution in [0.3, 0.4) is 0 Å². The predicted molar refractivity (Wildman–Crippen MR) is 85.0 cm³/mol. The van der Waals surface area contributed by atoms with E-state index in [4.69, 9.17) is 4.74 Å². The van der Waals surface area contributed by atoms with Gasteiger partial charge in [0.05, 0.1) is 5.60 Å². The zero-order valence-electron chi connectivity index (χ0n) is 12.7. The smallest absolute Gasteiger partial charge is 0.0701 e. The van der Waals surface area contributed by atoms with E-state index in [-0.39, 0.29) is 5.60 Å². The maximum absolute atomic E-state index is 6.22. The molecule has 3 heteroatoms. The molecule has 2 fully saturated rings. The van der Waals surface area contributed by atoms with Crippen molar-refractivity contribution < 1.29 is 4.74 Å². The van der Waals surface area contributed by atoms with Crippen LogP contribution in [0, 0.1) is 5.92 Å². The lowest BCUT2D eigenvalue weighted by molar-refractivity contribution is -0.107. The van der Waals surface area contributed by atoms with Gasteiger partial charge >= 0.3 is 0 Å². The minimum Gasteiger partial charge on any atom is -0.375 e. The van der Waals surface area contributed by atoms with Crippen molar-refractivity contribution in [1.82, 2.24) is 5.32 Å². The lowest BCUT2D eigenvalue weighted by Gasteiger charge is -2.45. The highest BCUT2D eigenvalue weighted by Crippen LogP contribution is 2.41. The van der Waals surface area contributed by atoms with E-state index < -0.39 is 0 Å². The topological polar surface area (TPSA) is 21.3 Å². The molecule has 2 atom stereocenters. The van der Waals surface area contributed by atoms with Crippen LogP contribution in [-0.2, 0) is 4.74 Å². The molecule has 2 aliphatic rings. The number of hydrogen-bond donors (Lipinski definition) is 1. The van der Waals surface area contributed by atoms with Crippen LogP contribution >= 0.6 is 11.8 Å². The Kier molecular flexibility index (Phi) is 6.51. The Balaban J connectivity index is 1.87. The van der Waals surface area contributed by atoms with Gasteiger partial charge in [0.25, 0.3) is 0 Å². The van der Waals surface area contributed by atoms with Gasteiger partial charge in [0, 0.05) is 12.6 Å². The van der Waals surface area contributed by atoms with Crippen molar-refractivity contribution in [3.63, 3.8) is 0 Å². The third-order valence-electron chi connectivity index (χ3n) is 4.99. The van der Waals surface area contributed by atoms with E-state index in [1.807, 2.05) is 0 Å². The second-order valence-electron chi connectivity index (χ2n) is 6.29. The Hall–Kier alpha value is 0.270. The number of thioether (sulfide) groups is 1. The van der Waals surface area contributed by atoms with Crippen LogP contribution in [0.5, 0.6) is 0 Å². The van der Waals surface area contributed by atoms with E-state index in [1.54, 1.807) is 0 Å². The van der Waals surface area contributed by atoms with Gasteiger partial charge in [-0.25, -0.2) is 0 Å². The third kappa shape index (κ3) is 4.37. The lowest BCUT2D eigenvalue weighted by atomic mass is 9.77. The standard InChI is InChI=1S/C16H31NOS/c1-3-4-5-6-15(17-2)14-7-10-18-16(13-14)8-11-19-12-9-16/h14-15,17H,3-13H2,1-2H3. The Labute approximate surface area is 123 Å². The summed E-state index contributed by atoms with van der Waals surface area (Å²) in [6, 6.07) is 0.710. The average Bonchev–Trinajstić information content (AvgIpc) is 2.44. The summed E-state index contributed by atoms with van der Waals surface area (Å²) in [5, 5.41) is 3.59. The van der Waals surface area contributed by atoms with Crippen LogP contribution in [0.4, 0.5) is 0 Å². The molecule has 0 radical (unpaired) electrons. The molecule has 0 aromatic carbocycles. The molecular formula is C16H31NOS. The lowest BCUT2D eigenvalue weighted by Crippen LogP contribution is -2.47. The van der Waals surface area contributed by atoms with Crippen LogP contribution < -0.4 is 5.32 Å². The Morgan fingerprint density at radius 1 is 1.32 bits per heavy atom. The van der Waals surface area contributed by atoms with Crippen molar-refractivity contribution >= 4 is 11.8 Å². The molecule has 0 amide bonds. The molecule has 2 aliphatic heterocycles. The fraction of sp³-hybridized carbons (Fsp3) is 1.00. The van der Waals surface area contributed by atoms with Crippen LogP contribution in [0.15, 0.2) is 0 Å². The Morgan fingerprint density at radius 3 is 2.79 bits per heavy atom. The maximum atomic E-state index is 6.22. The number of rotatable bonds is 6. The van der Waals surface area contributed by atoms with Crippen molar-refractivity contribution in [2.75, 3.05) is 25.2 Å². The largest absolute Gasteiger partial charge is 0.375 e. The first-order valence-corrected chi connectivity index (χ1v) is 9.34. The average molecular weight is 285 g/mol. The van der Waals surface area contributed by atoms with E-state index in [0.29, 0.717) is 6.04 Å². The van der Waals surface area contributed by atoms with Crippen molar-refractivity contribution in [3.05, 3.63) is 0 Å². The SMILES string of the molecule is CCCCCC(NC)C1CCOC2(CCSCC2)C1. The van der Waals surface area contributed by atoms with Gasteiger partial charge < -0.3 is 10.1 Å². The highest BCUT2D eigenvalue weighted by Gasteiger charge is 2.40.